The normalized spacial score (nSPS) is 15.0. The number of nitrogens with one attached hydrogen (secondary N) is 1. The molecule has 0 bridgehead atoms. The minimum atomic E-state index is -3.13. The highest BCUT2D eigenvalue weighted by Crippen LogP contribution is 2.27. The summed E-state index contributed by atoms with van der Waals surface area (Å²) in [5.74, 6) is 1.48. The van der Waals surface area contributed by atoms with Crippen molar-refractivity contribution in [2.45, 2.75) is 25.6 Å². The number of methoxy groups -OCH3 is 2. The number of likely N-dealkylation sites (tertiary alicyclic amines) is 1. The molecule has 1 saturated heterocycles. The van der Waals surface area contributed by atoms with E-state index in [1.54, 1.807) is 26.4 Å². The Bertz CT molecular complexity index is 712. The first-order valence-electron chi connectivity index (χ1n) is 8.22. The summed E-state index contributed by atoms with van der Waals surface area (Å²) in [6.07, 6.45) is 0. The largest absolute Gasteiger partial charge is 0.493 e. The Kier molecular flexibility index (Phi) is 6.16. The van der Waals surface area contributed by atoms with Crippen molar-refractivity contribution in [2.24, 2.45) is 5.92 Å². The lowest BCUT2D eigenvalue weighted by Crippen LogP contribution is -2.59. The van der Waals surface area contributed by atoms with Gasteiger partial charge in [-0.15, -0.1) is 0 Å². The van der Waals surface area contributed by atoms with E-state index in [9.17, 15) is 13.2 Å². The Labute approximate surface area is 149 Å². The van der Waals surface area contributed by atoms with Gasteiger partial charge in [0.05, 0.1) is 25.2 Å². The van der Waals surface area contributed by atoms with Crippen molar-refractivity contribution < 1.29 is 22.7 Å². The molecule has 1 aliphatic heterocycles. The molecule has 0 unspecified atom stereocenters. The van der Waals surface area contributed by atoms with Gasteiger partial charge in [-0.25, -0.2) is 13.2 Å². The number of nitrogens with zero attached hydrogens (tertiary/aromatic N) is 1. The first kappa shape index (κ1) is 19.4. The number of sulfone groups is 1. The van der Waals surface area contributed by atoms with Gasteiger partial charge in [0.1, 0.15) is 0 Å². The number of carbonyl (C=O) groups excluding carboxylic acids is 1. The Morgan fingerprint density at radius 1 is 1.24 bits per heavy atom. The van der Waals surface area contributed by atoms with Crippen LogP contribution in [-0.4, -0.2) is 57.7 Å². The summed E-state index contributed by atoms with van der Waals surface area (Å²) in [5.41, 5.74) is 0.871. The lowest BCUT2D eigenvalue weighted by Gasteiger charge is -2.38. The zero-order chi connectivity index (χ0) is 18.6. The van der Waals surface area contributed by atoms with Gasteiger partial charge in [0, 0.05) is 19.6 Å². The molecule has 2 amide bonds. The fraction of sp³-hybridized carbons (Fsp3) is 0.588. The summed E-state index contributed by atoms with van der Waals surface area (Å²) in [6, 6.07) is 5.16. The van der Waals surface area contributed by atoms with Gasteiger partial charge in [0.25, 0.3) is 0 Å². The van der Waals surface area contributed by atoms with Crippen LogP contribution in [0.3, 0.4) is 0 Å². The predicted molar refractivity (Wildman–Crippen MR) is 95.8 cm³/mol. The second-order valence-electron chi connectivity index (χ2n) is 6.60. The van der Waals surface area contributed by atoms with Crippen LogP contribution < -0.4 is 14.8 Å². The van der Waals surface area contributed by atoms with Crippen molar-refractivity contribution in [1.29, 1.82) is 0 Å². The number of urea groups is 1. The topological polar surface area (TPSA) is 84.9 Å². The van der Waals surface area contributed by atoms with Crippen molar-refractivity contribution in [1.82, 2.24) is 10.2 Å². The molecule has 7 nitrogen and oxygen atoms in total. The van der Waals surface area contributed by atoms with E-state index in [0.717, 1.165) is 5.56 Å². The molecule has 1 fully saturated rings. The number of amides is 2. The summed E-state index contributed by atoms with van der Waals surface area (Å²) < 4.78 is 34.6. The van der Waals surface area contributed by atoms with Gasteiger partial charge in [0.2, 0.25) is 0 Å². The molecule has 1 aromatic carbocycles. The van der Waals surface area contributed by atoms with Crippen molar-refractivity contribution in [3.63, 3.8) is 0 Å². The second-order valence-corrected chi connectivity index (χ2v) is 8.92. The first-order chi connectivity index (χ1) is 11.8. The Morgan fingerprint density at radius 2 is 1.88 bits per heavy atom. The number of hydrogen-bond donors (Lipinski definition) is 1. The van der Waals surface area contributed by atoms with Crippen molar-refractivity contribution in [3.8, 4) is 11.5 Å². The van der Waals surface area contributed by atoms with Crippen molar-refractivity contribution in [2.75, 3.05) is 33.1 Å². The van der Waals surface area contributed by atoms with E-state index in [2.05, 4.69) is 5.32 Å². The van der Waals surface area contributed by atoms with E-state index in [0.29, 0.717) is 18.0 Å². The first-order valence-corrected chi connectivity index (χ1v) is 9.93. The van der Waals surface area contributed by atoms with Crippen LogP contribution in [0.2, 0.25) is 0 Å². The molecule has 0 aromatic heterocycles. The molecule has 8 heteroatoms. The van der Waals surface area contributed by atoms with Crippen LogP contribution >= 0.6 is 0 Å². The third-order valence-electron chi connectivity index (χ3n) is 4.10. The maximum Gasteiger partial charge on any atom is 0.317 e. The number of hydrogen-bond acceptors (Lipinski definition) is 5. The third-order valence-corrected chi connectivity index (χ3v) is 6.55. The quantitative estimate of drug-likeness (QED) is 0.789. The molecule has 2 rings (SSSR count). The Hall–Kier alpha value is -1.96. The molecule has 1 heterocycles. The fourth-order valence-electron chi connectivity index (χ4n) is 2.71. The predicted octanol–water partition coefficient (Wildman–Crippen LogP) is 1.67. The van der Waals surface area contributed by atoms with E-state index >= 15 is 0 Å². The summed E-state index contributed by atoms with van der Waals surface area (Å²) in [4.78, 5) is 13.7. The van der Waals surface area contributed by atoms with Crippen LogP contribution in [0.1, 0.15) is 19.4 Å². The van der Waals surface area contributed by atoms with E-state index in [4.69, 9.17) is 9.47 Å². The summed E-state index contributed by atoms with van der Waals surface area (Å²) >= 11 is 0. The van der Waals surface area contributed by atoms with E-state index in [-0.39, 0.29) is 30.8 Å². The zero-order valence-electron chi connectivity index (χ0n) is 15.1. The van der Waals surface area contributed by atoms with Gasteiger partial charge in [-0.05, 0) is 23.6 Å². The lowest BCUT2D eigenvalue weighted by atomic mass is 10.2. The van der Waals surface area contributed by atoms with E-state index in [1.165, 1.54) is 4.90 Å². The smallest absolute Gasteiger partial charge is 0.317 e. The Balaban J connectivity index is 1.85. The molecule has 25 heavy (non-hydrogen) atoms. The van der Waals surface area contributed by atoms with Crippen LogP contribution in [0.25, 0.3) is 0 Å². The molecule has 0 aliphatic carbocycles. The van der Waals surface area contributed by atoms with E-state index in [1.807, 2.05) is 19.9 Å². The van der Waals surface area contributed by atoms with Crippen LogP contribution in [0.15, 0.2) is 18.2 Å². The molecule has 1 N–H and O–H groups in total. The molecule has 0 spiro atoms. The van der Waals surface area contributed by atoms with Gasteiger partial charge in [-0.2, -0.15) is 0 Å². The highest BCUT2D eigenvalue weighted by atomic mass is 32.2. The maximum absolute atomic E-state index is 12.1. The van der Waals surface area contributed by atoms with Gasteiger partial charge < -0.3 is 19.7 Å². The average Bonchev–Trinajstić information content (AvgIpc) is 2.49. The maximum atomic E-state index is 12.1. The molecule has 1 aromatic rings. The van der Waals surface area contributed by atoms with Gasteiger partial charge in [0.15, 0.2) is 21.3 Å². The molecular formula is C17H26N2O5S. The fourth-order valence-corrected chi connectivity index (χ4v) is 4.73. The molecular weight excluding hydrogens is 344 g/mol. The van der Waals surface area contributed by atoms with Crippen LogP contribution in [0.5, 0.6) is 11.5 Å². The SMILES string of the molecule is COc1ccc(CNC(=O)N2CC(S(=O)(=O)CC(C)C)C2)cc1OC. The molecule has 0 atom stereocenters. The summed E-state index contributed by atoms with van der Waals surface area (Å²) in [7, 11) is -0.00912. The van der Waals surface area contributed by atoms with Crippen LogP contribution in [0.4, 0.5) is 4.79 Å². The molecule has 140 valence electrons. The number of benzene rings is 1. The van der Waals surface area contributed by atoms with E-state index < -0.39 is 15.1 Å². The lowest BCUT2D eigenvalue weighted by molar-refractivity contribution is 0.168. The van der Waals surface area contributed by atoms with Crippen LogP contribution in [-0.2, 0) is 16.4 Å². The van der Waals surface area contributed by atoms with Gasteiger partial charge >= 0.3 is 6.03 Å². The van der Waals surface area contributed by atoms with Crippen LogP contribution in [0, 0.1) is 5.92 Å². The summed E-state index contributed by atoms with van der Waals surface area (Å²) in [6.45, 7) is 4.60. The minimum Gasteiger partial charge on any atom is -0.493 e. The molecule has 0 saturated carbocycles. The highest BCUT2D eigenvalue weighted by Gasteiger charge is 2.39. The van der Waals surface area contributed by atoms with Crippen molar-refractivity contribution in [3.05, 3.63) is 23.8 Å². The number of carbonyl (C=O) groups is 1. The van der Waals surface area contributed by atoms with Gasteiger partial charge in [-0.1, -0.05) is 19.9 Å². The second kappa shape index (κ2) is 7.95. The Morgan fingerprint density at radius 3 is 2.44 bits per heavy atom. The molecule has 1 aliphatic rings. The number of ether oxygens (including phenoxy) is 2. The number of rotatable bonds is 7. The van der Waals surface area contributed by atoms with Crippen molar-refractivity contribution >= 4 is 15.9 Å². The van der Waals surface area contributed by atoms with Gasteiger partial charge in [-0.3, -0.25) is 0 Å². The zero-order valence-corrected chi connectivity index (χ0v) is 15.9. The molecule has 0 radical (unpaired) electrons. The monoisotopic (exact) mass is 370 g/mol. The summed E-state index contributed by atoms with van der Waals surface area (Å²) in [5, 5.41) is 2.36. The average molecular weight is 370 g/mol. The highest BCUT2D eigenvalue weighted by molar-refractivity contribution is 7.92. The minimum absolute atomic E-state index is 0.0953. The third kappa shape index (κ3) is 4.78. The standard InChI is InChI=1S/C17H26N2O5S/c1-12(2)11-25(21,22)14-9-19(10-14)17(20)18-8-13-5-6-15(23-3)16(7-13)24-4/h5-7,12,14H,8-11H2,1-4H3,(H,18,20).